The van der Waals surface area contributed by atoms with E-state index in [1.807, 2.05) is 0 Å². The quantitative estimate of drug-likeness (QED) is 0.355. The third kappa shape index (κ3) is 7.87. The van der Waals surface area contributed by atoms with Crippen molar-refractivity contribution in [3.8, 4) is 0 Å². The Bertz CT molecular complexity index is 344. The summed E-state index contributed by atoms with van der Waals surface area (Å²) in [6.45, 7) is 13.3. The fraction of sp³-hybridized carbons (Fsp3) is 0.944. The Kier molecular flexibility index (Phi) is 12.0. The second kappa shape index (κ2) is 13.2. The molecular formula is C18H38IN5. The molecule has 0 bridgehead atoms. The summed E-state index contributed by atoms with van der Waals surface area (Å²) in [6, 6.07) is 0.631. The molecule has 2 rings (SSSR count). The molecule has 0 aliphatic carbocycles. The fourth-order valence-electron chi connectivity index (χ4n) is 3.74. The summed E-state index contributed by atoms with van der Waals surface area (Å²) in [5.41, 5.74) is 0. The lowest BCUT2D eigenvalue weighted by atomic mass is 10.0. The first-order valence-electron chi connectivity index (χ1n) is 9.82. The Labute approximate surface area is 166 Å². The van der Waals surface area contributed by atoms with Gasteiger partial charge in [-0.05, 0) is 58.8 Å². The van der Waals surface area contributed by atoms with E-state index in [4.69, 9.17) is 4.99 Å². The van der Waals surface area contributed by atoms with Gasteiger partial charge in [-0.2, -0.15) is 0 Å². The summed E-state index contributed by atoms with van der Waals surface area (Å²) in [7, 11) is 0. The van der Waals surface area contributed by atoms with Gasteiger partial charge in [-0.15, -0.1) is 24.0 Å². The summed E-state index contributed by atoms with van der Waals surface area (Å²) < 4.78 is 0. The zero-order valence-corrected chi connectivity index (χ0v) is 18.1. The molecule has 5 nitrogen and oxygen atoms in total. The van der Waals surface area contributed by atoms with Crippen LogP contribution in [0.4, 0.5) is 0 Å². The van der Waals surface area contributed by atoms with Gasteiger partial charge >= 0.3 is 0 Å². The fourth-order valence-corrected chi connectivity index (χ4v) is 3.74. The molecule has 0 radical (unpaired) electrons. The first kappa shape index (κ1) is 22.0. The normalized spacial score (nSPS) is 23.6. The van der Waals surface area contributed by atoms with E-state index >= 15 is 0 Å². The number of guanidine groups is 1. The minimum Gasteiger partial charge on any atom is -0.357 e. The summed E-state index contributed by atoms with van der Waals surface area (Å²) >= 11 is 0. The van der Waals surface area contributed by atoms with Gasteiger partial charge in [0.05, 0.1) is 6.54 Å². The van der Waals surface area contributed by atoms with Crippen LogP contribution in [0.15, 0.2) is 4.99 Å². The first-order valence-corrected chi connectivity index (χ1v) is 9.82. The van der Waals surface area contributed by atoms with Crippen molar-refractivity contribution in [2.75, 3.05) is 52.4 Å². The second-order valence-electron chi connectivity index (χ2n) is 6.83. The van der Waals surface area contributed by atoms with Gasteiger partial charge in [-0.1, -0.05) is 19.8 Å². The second-order valence-corrected chi connectivity index (χ2v) is 6.83. The molecule has 1 unspecified atom stereocenters. The van der Waals surface area contributed by atoms with Crippen molar-refractivity contribution in [3.63, 3.8) is 0 Å². The Morgan fingerprint density at radius 3 is 2.46 bits per heavy atom. The van der Waals surface area contributed by atoms with Crippen LogP contribution in [0.25, 0.3) is 0 Å². The molecule has 2 fully saturated rings. The van der Waals surface area contributed by atoms with Crippen LogP contribution in [0, 0.1) is 0 Å². The smallest absolute Gasteiger partial charge is 0.191 e. The minimum atomic E-state index is 0. The van der Waals surface area contributed by atoms with Crippen LogP contribution in [0.1, 0.15) is 52.4 Å². The maximum atomic E-state index is 4.85. The van der Waals surface area contributed by atoms with Crippen LogP contribution in [-0.4, -0.2) is 74.2 Å². The molecule has 0 spiro atoms. The zero-order valence-electron chi connectivity index (χ0n) is 15.7. The third-order valence-electron chi connectivity index (χ3n) is 5.13. The molecule has 0 saturated carbocycles. The maximum absolute atomic E-state index is 4.85. The van der Waals surface area contributed by atoms with Gasteiger partial charge in [0.25, 0.3) is 0 Å². The number of halogens is 1. The molecule has 0 aromatic heterocycles. The SMILES string of the molecule is CCNC(=NCC1CCCCN1CC)NCCN1CCCCC1.I. The minimum absolute atomic E-state index is 0. The number of nitrogens with zero attached hydrogens (tertiary/aromatic N) is 3. The number of aliphatic imine (C=N–C) groups is 1. The standard InChI is InChI=1S/C18H37N5.HI/c1-3-19-18(20-11-15-22-12-7-5-8-13-22)21-16-17-10-6-9-14-23(17)4-2;/h17H,3-16H2,1-2H3,(H2,19,20,21);1H. The Morgan fingerprint density at radius 2 is 1.75 bits per heavy atom. The van der Waals surface area contributed by atoms with E-state index in [-0.39, 0.29) is 24.0 Å². The first-order chi connectivity index (χ1) is 11.3. The average molecular weight is 451 g/mol. The molecule has 2 aliphatic rings. The maximum Gasteiger partial charge on any atom is 0.191 e. The van der Waals surface area contributed by atoms with Crippen LogP contribution < -0.4 is 10.6 Å². The Morgan fingerprint density at radius 1 is 1.00 bits per heavy atom. The number of likely N-dealkylation sites (N-methyl/N-ethyl adjacent to an activating group) is 1. The lowest BCUT2D eigenvalue weighted by Gasteiger charge is -2.34. The molecule has 24 heavy (non-hydrogen) atoms. The van der Waals surface area contributed by atoms with Gasteiger partial charge in [0, 0.05) is 25.7 Å². The molecule has 142 valence electrons. The van der Waals surface area contributed by atoms with Crippen LogP contribution in [0.2, 0.25) is 0 Å². The predicted molar refractivity (Wildman–Crippen MR) is 115 cm³/mol. The highest BCUT2D eigenvalue weighted by Gasteiger charge is 2.20. The van der Waals surface area contributed by atoms with E-state index in [1.54, 1.807) is 0 Å². The molecule has 0 aromatic rings. The summed E-state index contributed by atoms with van der Waals surface area (Å²) in [4.78, 5) is 10.0. The Balaban J connectivity index is 0.00000288. The summed E-state index contributed by atoms with van der Waals surface area (Å²) in [5, 5.41) is 6.91. The van der Waals surface area contributed by atoms with Gasteiger partial charge in [0.1, 0.15) is 0 Å². The highest BCUT2D eigenvalue weighted by molar-refractivity contribution is 14.0. The molecule has 0 amide bonds. The van der Waals surface area contributed by atoms with Crippen LogP contribution >= 0.6 is 24.0 Å². The van der Waals surface area contributed by atoms with E-state index < -0.39 is 0 Å². The number of nitrogens with one attached hydrogen (secondary N) is 2. The van der Waals surface area contributed by atoms with Crippen LogP contribution in [-0.2, 0) is 0 Å². The van der Waals surface area contributed by atoms with Crippen molar-refractivity contribution in [2.24, 2.45) is 4.99 Å². The van der Waals surface area contributed by atoms with E-state index in [0.717, 1.165) is 38.7 Å². The van der Waals surface area contributed by atoms with E-state index in [0.29, 0.717) is 6.04 Å². The predicted octanol–water partition coefficient (Wildman–Crippen LogP) is 2.52. The highest BCUT2D eigenvalue weighted by Crippen LogP contribution is 2.16. The van der Waals surface area contributed by atoms with Crippen LogP contribution in [0.5, 0.6) is 0 Å². The lowest BCUT2D eigenvalue weighted by molar-refractivity contribution is 0.161. The van der Waals surface area contributed by atoms with Crippen LogP contribution in [0.3, 0.4) is 0 Å². The Hall–Kier alpha value is -0.0800. The molecule has 0 aromatic carbocycles. The third-order valence-corrected chi connectivity index (χ3v) is 5.13. The van der Waals surface area contributed by atoms with Crippen molar-refractivity contribution in [1.82, 2.24) is 20.4 Å². The summed E-state index contributed by atoms with van der Waals surface area (Å²) in [6.07, 6.45) is 8.14. The van der Waals surface area contributed by atoms with Crippen molar-refractivity contribution < 1.29 is 0 Å². The average Bonchev–Trinajstić information content (AvgIpc) is 2.61. The number of hydrogen-bond donors (Lipinski definition) is 2. The van der Waals surface area contributed by atoms with Crippen molar-refractivity contribution >= 4 is 29.9 Å². The lowest BCUT2D eigenvalue weighted by Crippen LogP contribution is -2.45. The van der Waals surface area contributed by atoms with Gasteiger partial charge < -0.3 is 15.5 Å². The number of rotatable bonds is 7. The number of likely N-dealkylation sites (tertiary alicyclic amines) is 2. The molecule has 2 aliphatic heterocycles. The van der Waals surface area contributed by atoms with Crippen molar-refractivity contribution in [2.45, 2.75) is 58.4 Å². The van der Waals surface area contributed by atoms with Crippen molar-refractivity contribution in [1.29, 1.82) is 0 Å². The molecule has 2 heterocycles. The number of piperidine rings is 2. The number of hydrogen-bond acceptors (Lipinski definition) is 3. The van der Waals surface area contributed by atoms with Gasteiger partial charge in [0.2, 0.25) is 0 Å². The molecule has 2 N–H and O–H groups in total. The van der Waals surface area contributed by atoms with Gasteiger partial charge in [0.15, 0.2) is 5.96 Å². The van der Waals surface area contributed by atoms with E-state index in [9.17, 15) is 0 Å². The topological polar surface area (TPSA) is 42.9 Å². The van der Waals surface area contributed by atoms with E-state index in [2.05, 4.69) is 34.3 Å². The zero-order chi connectivity index (χ0) is 16.3. The molecule has 2 saturated heterocycles. The summed E-state index contributed by atoms with van der Waals surface area (Å²) in [5.74, 6) is 0.992. The molecular weight excluding hydrogens is 413 g/mol. The van der Waals surface area contributed by atoms with E-state index in [1.165, 1.54) is 58.2 Å². The van der Waals surface area contributed by atoms with Gasteiger partial charge in [-0.3, -0.25) is 9.89 Å². The molecule has 6 heteroatoms. The highest BCUT2D eigenvalue weighted by atomic mass is 127. The monoisotopic (exact) mass is 451 g/mol. The van der Waals surface area contributed by atoms with Gasteiger partial charge in [-0.25, -0.2) is 0 Å². The molecule has 1 atom stereocenters. The largest absolute Gasteiger partial charge is 0.357 e. The van der Waals surface area contributed by atoms with Crippen molar-refractivity contribution in [3.05, 3.63) is 0 Å².